The van der Waals surface area contributed by atoms with Crippen molar-refractivity contribution in [2.75, 3.05) is 33.4 Å². The molecule has 1 saturated heterocycles. The number of hydrogen-bond acceptors (Lipinski definition) is 4. The quantitative estimate of drug-likeness (QED) is 0.850. The Labute approximate surface area is 115 Å². The first kappa shape index (κ1) is 14.2. The van der Waals surface area contributed by atoms with Crippen LogP contribution < -0.4 is 15.2 Å². The predicted molar refractivity (Wildman–Crippen MR) is 76.7 cm³/mol. The molecule has 0 aromatic heterocycles. The summed E-state index contributed by atoms with van der Waals surface area (Å²) in [6.07, 6.45) is 1.18. The summed E-state index contributed by atoms with van der Waals surface area (Å²) in [6.45, 7) is 6.13. The second-order valence-electron chi connectivity index (χ2n) is 5.10. The van der Waals surface area contributed by atoms with E-state index in [-0.39, 0.29) is 6.04 Å². The van der Waals surface area contributed by atoms with E-state index in [0.29, 0.717) is 12.5 Å². The minimum Gasteiger partial charge on any atom is -0.497 e. The third kappa shape index (κ3) is 3.85. The summed E-state index contributed by atoms with van der Waals surface area (Å²) in [5, 5.41) is 0. The Hall–Kier alpha value is -1.26. The molecule has 4 nitrogen and oxygen atoms in total. The maximum absolute atomic E-state index is 6.23. The average Bonchev–Trinajstić information content (AvgIpc) is 2.94. The fraction of sp³-hybridized carbons (Fsp3) is 0.600. The lowest BCUT2D eigenvalue weighted by Crippen LogP contribution is -2.37. The van der Waals surface area contributed by atoms with Crippen molar-refractivity contribution in [3.05, 3.63) is 24.3 Å². The van der Waals surface area contributed by atoms with E-state index in [4.69, 9.17) is 15.2 Å². The SMILES string of the molecule is CCN1CCC(C(N)COc2cccc(OC)c2)C1. The number of rotatable bonds is 6. The van der Waals surface area contributed by atoms with Crippen LogP contribution >= 0.6 is 0 Å². The molecule has 1 aliphatic heterocycles. The van der Waals surface area contributed by atoms with Gasteiger partial charge in [-0.15, -0.1) is 0 Å². The van der Waals surface area contributed by atoms with E-state index in [9.17, 15) is 0 Å². The van der Waals surface area contributed by atoms with Crippen molar-refractivity contribution < 1.29 is 9.47 Å². The van der Waals surface area contributed by atoms with Crippen molar-refractivity contribution in [3.8, 4) is 11.5 Å². The first-order valence-corrected chi connectivity index (χ1v) is 6.97. The lowest BCUT2D eigenvalue weighted by atomic mass is 10.0. The van der Waals surface area contributed by atoms with Crippen LogP contribution in [0.25, 0.3) is 0 Å². The molecular weight excluding hydrogens is 240 g/mol. The van der Waals surface area contributed by atoms with Crippen LogP contribution in [0.15, 0.2) is 24.3 Å². The van der Waals surface area contributed by atoms with E-state index in [1.54, 1.807) is 7.11 Å². The second-order valence-corrected chi connectivity index (χ2v) is 5.10. The molecular formula is C15H24N2O2. The van der Waals surface area contributed by atoms with Crippen molar-refractivity contribution in [1.82, 2.24) is 4.90 Å². The predicted octanol–water partition coefficient (Wildman–Crippen LogP) is 1.74. The maximum Gasteiger partial charge on any atom is 0.123 e. The van der Waals surface area contributed by atoms with Gasteiger partial charge in [0.2, 0.25) is 0 Å². The minimum atomic E-state index is 0.0998. The van der Waals surface area contributed by atoms with Gasteiger partial charge in [0.25, 0.3) is 0 Å². The smallest absolute Gasteiger partial charge is 0.123 e. The second kappa shape index (κ2) is 6.78. The Bertz CT molecular complexity index is 397. The molecule has 0 radical (unpaired) electrons. The molecule has 2 N–H and O–H groups in total. The summed E-state index contributed by atoms with van der Waals surface area (Å²) < 4.78 is 10.9. The summed E-state index contributed by atoms with van der Waals surface area (Å²) in [7, 11) is 1.66. The van der Waals surface area contributed by atoms with Crippen LogP contribution in [0.4, 0.5) is 0 Å². The molecule has 19 heavy (non-hydrogen) atoms. The number of benzene rings is 1. The van der Waals surface area contributed by atoms with E-state index in [2.05, 4.69) is 11.8 Å². The number of hydrogen-bond donors (Lipinski definition) is 1. The summed E-state index contributed by atoms with van der Waals surface area (Å²) in [5.41, 5.74) is 6.23. The van der Waals surface area contributed by atoms with Gasteiger partial charge in [0.05, 0.1) is 7.11 Å². The zero-order chi connectivity index (χ0) is 13.7. The third-order valence-electron chi connectivity index (χ3n) is 3.85. The average molecular weight is 264 g/mol. The minimum absolute atomic E-state index is 0.0998. The van der Waals surface area contributed by atoms with Crippen LogP contribution in [-0.4, -0.2) is 44.3 Å². The topological polar surface area (TPSA) is 47.7 Å². The van der Waals surface area contributed by atoms with Gasteiger partial charge >= 0.3 is 0 Å². The molecule has 1 aliphatic rings. The van der Waals surface area contributed by atoms with Crippen LogP contribution in [-0.2, 0) is 0 Å². The van der Waals surface area contributed by atoms with Gasteiger partial charge in [-0.1, -0.05) is 13.0 Å². The Balaban J connectivity index is 1.81. The molecule has 0 spiro atoms. The highest BCUT2D eigenvalue weighted by molar-refractivity contribution is 5.32. The van der Waals surface area contributed by atoms with Crippen LogP contribution in [0, 0.1) is 5.92 Å². The van der Waals surface area contributed by atoms with Crippen molar-refractivity contribution in [2.45, 2.75) is 19.4 Å². The summed E-state index contributed by atoms with van der Waals surface area (Å²) in [6, 6.07) is 7.75. The maximum atomic E-state index is 6.23. The third-order valence-corrected chi connectivity index (χ3v) is 3.85. The lowest BCUT2D eigenvalue weighted by Gasteiger charge is -2.20. The first-order chi connectivity index (χ1) is 9.22. The van der Waals surface area contributed by atoms with Gasteiger partial charge in [-0.2, -0.15) is 0 Å². The van der Waals surface area contributed by atoms with Crippen LogP contribution in [0.5, 0.6) is 11.5 Å². The first-order valence-electron chi connectivity index (χ1n) is 6.97. The van der Waals surface area contributed by atoms with Gasteiger partial charge in [-0.25, -0.2) is 0 Å². The molecule has 0 amide bonds. The molecule has 1 aromatic rings. The van der Waals surface area contributed by atoms with E-state index in [1.807, 2.05) is 24.3 Å². The number of nitrogens with two attached hydrogens (primary N) is 1. The van der Waals surface area contributed by atoms with Crippen LogP contribution in [0.3, 0.4) is 0 Å². The van der Waals surface area contributed by atoms with Gasteiger partial charge in [0.1, 0.15) is 18.1 Å². The highest BCUT2D eigenvalue weighted by Gasteiger charge is 2.26. The normalized spacial score (nSPS) is 21.3. The lowest BCUT2D eigenvalue weighted by molar-refractivity contribution is 0.240. The number of likely N-dealkylation sites (tertiary alicyclic amines) is 1. The largest absolute Gasteiger partial charge is 0.497 e. The standard InChI is InChI=1S/C15H24N2O2/c1-3-17-8-7-12(10-17)15(16)11-19-14-6-4-5-13(9-14)18-2/h4-6,9,12,15H,3,7-8,10-11,16H2,1-2H3. The monoisotopic (exact) mass is 264 g/mol. The van der Waals surface area contributed by atoms with Crippen molar-refractivity contribution in [3.63, 3.8) is 0 Å². The molecule has 1 heterocycles. The zero-order valence-corrected chi connectivity index (χ0v) is 11.8. The van der Waals surface area contributed by atoms with E-state index < -0.39 is 0 Å². The number of ether oxygens (including phenoxy) is 2. The van der Waals surface area contributed by atoms with Crippen molar-refractivity contribution in [2.24, 2.45) is 11.7 Å². The summed E-state index contributed by atoms with van der Waals surface area (Å²) in [4.78, 5) is 2.44. The Morgan fingerprint density at radius 1 is 1.42 bits per heavy atom. The van der Waals surface area contributed by atoms with Gasteiger partial charge in [0.15, 0.2) is 0 Å². The highest BCUT2D eigenvalue weighted by Crippen LogP contribution is 2.21. The van der Waals surface area contributed by atoms with E-state index in [0.717, 1.165) is 31.1 Å². The summed E-state index contributed by atoms with van der Waals surface area (Å²) >= 11 is 0. The van der Waals surface area contributed by atoms with Crippen LogP contribution in [0.2, 0.25) is 0 Å². The molecule has 0 aliphatic carbocycles. The molecule has 4 heteroatoms. The fourth-order valence-corrected chi connectivity index (χ4v) is 2.52. The number of methoxy groups -OCH3 is 1. The van der Waals surface area contributed by atoms with Crippen LogP contribution in [0.1, 0.15) is 13.3 Å². The van der Waals surface area contributed by atoms with Gasteiger partial charge in [0, 0.05) is 18.7 Å². The van der Waals surface area contributed by atoms with Gasteiger partial charge in [-0.05, 0) is 37.6 Å². The molecule has 1 aromatic carbocycles. The Morgan fingerprint density at radius 2 is 2.21 bits per heavy atom. The summed E-state index contributed by atoms with van der Waals surface area (Å²) in [5.74, 6) is 2.18. The Kier molecular flexibility index (Phi) is 5.05. The molecule has 0 saturated carbocycles. The van der Waals surface area contributed by atoms with Crippen molar-refractivity contribution in [1.29, 1.82) is 0 Å². The molecule has 1 fully saturated rings. The molecule has 106 valence electrons. The molecule has 2 rings (SSSR count). The fourth-order valence-electron chi connectivity index (χ4n) is 2.52. The van der Waals surface area contributed by atoms with Crippen molar-refractivity contribution >= 4 is 0 Å². The molecule has 0 bridgehead atoms. The number of nitrogens with zero attached hydrogens (tertiary/aromatic N) is 1. The van der Waals surface area contributed by atoms with Gasteiger partial charge < -0.3 is 20.1 Å². The zero-order valence-electron chi connectivity index (χ0n) is 11.8. The van der Waals surface area contributed by atoms with E-state index >= 15 is 0 Å². The molecule has 2 atom stereocenters. The van der Waals surface area contributed by atoms with E-state index in [1.165, 1.54) is 6.42 Å². The van der Waals surface area contributed by atoms with Gasteiger partial charge in [-0.3, -0.25) is 0 Å². The Morgan fingerprint density at radius 3 is 2.89 bits per heavy atom. The molecule has 2 unspecified atom stereocenters. The highest BCUT2D eigenvalue weighted by atomic mass is 16.5.